The maximum atomic E-state index is 13.9. The Labute approximate surface area is 288 Å². The average molecular weight is 698 g/mol. The second kappa shape index (κ2) is 18.0. The van der Waals surface area contributed by atoms with Crippen LogP contribution in [0.25, 0.3) is 0 Å². The molecule has 3 atom stereocenters. The molecule has 0 fully saturated rings. The monoisotopic (exact) mass is 697 g/mol. The number of oxime groups is 1. The SMILES string of the molecule is CC(C)CN(C[C@@H](O)[C@H](Cc1ccccc1)NC(=O)[C@@H](NC(=O)CNCc1cccc(F)c1)C(C)(C)C)S(=O)(=O)c1ccc(C=NO)cc1. The topological polar surface area (TPSA) is 160 Å². The Balaban J connectivity index is 1.82. The summed E-state index contributed by atoms with van der Waals surface area (Å²) in [7, 11) is -4.08. The summed E-state index contributed by atoms with van der Waals surface area (Å²) >= 11 is 0. The number of amides is 2. The number of hydrogen-bond donors (Lipinski definition) is 5. The quantitative estimate of drug-likeness (QED) is 0.0817. The lowest BCUT2D eigenvalue weighted by atomic mass is 9.85. The van der Waals surface area contributed by atoms with Crippen LogP contribution in [0.3, 0.4) is 0 Å². The van der Waals surface area contributed by atoms with Gasteiger partial charge >= 0.3 is 0 Å². The highest BCUT2D eigenvalue weighted by atomic mass is 32.2. The van der Waals surface area contributed by atoms with Gasteiger partial charge in [0.1, 0.15) is 11.9 Å². The number of aliphatic hydroxyl groups is 1. The van der Waals surface area contributed by atoms with Crippen LogP contribution in [0, 0.1) is 17.2 Å². The van der Waals surface area contributed by atoms with Crippen LogP contribution in [-0.4, -0.2) is 78.9 Å². The van der Waals surface area contributed by atoms with Gasteiger partial charge in [0.05, 0.1) is 29.8 Å². The molecule has 5 N–H and O–H groups in total. The van der Waals surface area contributed by atoms with Crippen molar-refractivity contribution < 1.29 is 32.7 Å². The molecule has 11 nitrogen and oxygen atoms in total. The van der Waals surface area contributed by atoms with Gasteiger partial charge in [-0.15, -0.1) is 0 Å². The van der Waals surface area contributed by atoms with Crippen LogP contribution >= 0.6 is 0 Å². The molecule has 266 valence electrons. The normalized spacial score (nSPS) is 14.1. The van der Waals surface area contributed by atoms with E-state index in [1.165, 1.54) is 46.9 Å². The van der Waals surface area contributed by atoms with Gasteiger partial charge in [-0.1, -0.05) is 94.4 Å². The van der Waals surface area contributed by atoms with Crippen molar-refractivity contribution in [2.75, 3.05) is 19.6 Å². The molecule has 3 rings (SSSR count). The van der Waals surface area contributed by atoms with E-state index in [4.69, 9.17) is 5.21 Å². The number of sulfonamides is 1. The van der Waals surface area contributed by atoms with Crippen molar-refractivity contribution in [3.05, 3.63) is 101 Å². The molecule has 0 radical (unpaired) electrons. The molecular weight excluding hydrogens is 649 g/mol. The van der Waals surface area contributed by atoms with Crippen LogP contribution < -0.4 is 16.0 Å². The molecule has 0 aliphatic heterocycles. The zero-order valence-electron chi connectivity index (χ0n) is 28.6. The molecule has 2 amide bonds. The number of carbonyl (C=O) groups is 2. The summed E-state index contributed by atoms with van der Waals surface area (Å²) in [4.78, 5) is 26.8. The van der Waals surface area contributed by atoms with Gasteiger partial charge in [-0.3, -0.25) is 9.59 Å². The van der Waals surface area contributed by atoms with Crippen LogP contribution in [0.4, 0.5) is 4.39 Å². The Morgan fingerprint density at radius 3 is 2.18 bits per heavy atom. The average Bonchev–Trinajstić information content (AvgIpc) is 3.03. The minimum absolute atomic E-state index is 0.000557. The van der Waals surface area contributed by atoms with Crippen molar-refractivity contribution in [2.24, 2.45) is 16.5 Å². The van der Waals surface area contributed by atoms with E-state index in [9.17, 15) is 27.5 Å². The molecule has 0 bridgehead atoms. The highest BCUT2D eigenvalue weighted by Crippen LogP contribution is 2.22. The third-order valence-electron chi connectivity index (χ3n) is 7.71. The summed E-state index contributed by atoms with van der Waals surface area (Å²) < 4.78 is 42.3. The number of benzene rings is 3. The molecule has 49 heavy (non-hydrogen) atoms. The van der Waals surface area contributed by atoms with Gasteiger partial charge in [-0.2, -0.15) is 4.31 Å². The van der Waals surface area contributed by atoms with Crippen LogP contribution in [0.15, 0.2) is 88.9 Å². The first-order chi connectivity index (χ1) is 23.1. The minimum Gasteiger partial charge on any atom is -0.411 e. The lowest BCUT2D eigenvalue weighted by Gasteiger charge is -2.34. The first kappa shape index (κ1) is 39.3. The van der Waals surface area contributed by atoms with Gasteiger partial charge in [0.25, 0.3) is 0 Å². The summed E-state index contributed by atoms with van der Waals surface area (Å²) in [6.07, 6.45) is 0.0424. The second-order valence-corrected chi connectivity index (χ2v) is 15.4. The van der Waals surface area contributed by atoms with Crippen LogP contribution in [-0.2, 0) is 32.6 Å². The van der Waals surface area contributed by atoms with Crippen molar-refractivity contribution in [1.82, 2.24) is 20.3 Å². The number of rotatable bonds is 17. The van der Waals surface area contributed by atoms with E-state index in [2.05, 4.69) is 21.1 Å². The number of halogens is 1. The van der Waals surface area contributed by atoms with Crippen molar-refractivity contribution >= 4 is 28.1 Å². The standard InChI is InChI=1S/C36H48FN5O6S/c1-25(2)23-42(49(47,48)30-16-14-27(15-17-30)21-39-46)24-32(43)31(19-26-10-7-6-8-11-26)40-35(45)34(36(3,4)5)41-33(44)22-38-20-28-12-9-13-29(37)18-28/h6-18,21,25,31-32,34,38,43,46H,19-20,22-24H2,1-5H3,(H,40,45)(H,41,44)/t31-,32+,34+/m0/s1. The summed E-state index contributed by atoms with van der Waals surface area (Å²) in [5, 5.41) is 32.1. The maximum Gasteiger partial charge on any atom is 0.243 e. The van der Waals surface area contributed by atoms with Crippen molar-refractivity contribution in [2.45, 2.75) is 70.7 Å². The molecule has 0 aliphatic rings. The fourth-order valence-electron chi connectivity index (χ4n) is 5.23. The second-order valence-electron chi connectivity index (χ2n) is 13.5. The molecule has 0 saturated carbocycles. The molecule has 0 saturated heterocycles. The van der Waals surface area contributed by atoms with Gasteiger partial charge in [0.2, 0.25) is 21.8 Å². The zero-order chi connectivity index (χ0) is 36.2. The first-order valence-corrected chi connectivity index (χ1v) is 17.6. The van der Waals surface area contributed by atoms with Crippen molar-refractivity contribution in [1.29, 1.82) is 0 Å². The molecule has 0 heterocycles. The summed E-state index contributed by atoms with van der Waals surface area (Å²) in [5.74, 6) is -1.45. The van der Waals surface area contributed by atoms with Crippen molar-refractivity contribution in [3.8, 4) is 0 Å². The van der Waals surface area contributed by atoms with Gasteiger partial charge in [-0.05, 0) is 58.7 Å². The molecule has 0 unspecified atom stereocenters. The van der Waals surface area contributed by atoms with Crippen LogP contribution in [0.2, 0.25) is 0 Å². The van der Waals surface area contributed by atoms with E-state index in [1.54, 1.807) is 32.9 Å². The zero-order valence-corrected chi connectivity index (χ0v) is 29.5. The Morgan fingerprint density at radius 2 is 1.59 bits per heavy atom. The Bertz CT molecular complexity index is 1650. The third-order valence-corrected chi connectivity index (χ3v) is 9.56. The number of nitrogens with zero attached hydrogens (tertiary/aromatic N) is 2. The molecule has 3 aromatic carbocycles. The highest BCUT2D eigenvalue weighted by molar-refractivity contribution is 7.89. The van der Waals surface area contributed by atoms with Gasteiger partial charge in [-0.25, -0.2) is 12.8 Å². The van der Waals surface area contributed by atoms with E-state index in [0.29, 0.717) is 11.1 Å². The number of nitrogens with one attached hydrogen (secondary N) is 3. The Kier molecular flexibility index (Phi) is 14.4. The number of carbonyl (C=O) groups excluding carboxylic acids is 2. The van der Waals surface area contributed by atoms with Gasteiger partial charge < -0.3 is 26.3 Å². The van der Waals surface area contributed by atoms with E-state index >= 15 is 0 Å². The third kappa shape index (κ3) is 12.3. The largest absolute Gasteiger partial charge is 0.411 e. The maximum absolute atomic E-state index is 13.9. The van der Waals surface area contributed by atoms with Crippen molar-refractivity contribution in [3.63, 3.8) is 0 Å². The minimum atomic E-state index is -4.08. The predicted molar refractivity (Wildman–Crippen MR) is 187 cm³/mol. The van der Waals surface area contributed by atoms with E-state index < -0.39 is 45.4 Å². The van der Waals surface area contributed by atoms with Crippen LogP contribution in [0.5, 0.6) is 0 Å². The van der Waals surface area contributed by atoms with E-state index in [0.717, 1.165) is 5.56 Å². The Morgan fingerprint density at radius 1 is 0.939 bits per heavy atom. The lowest BCUT2D eigenvalue weighted by molar-refractivity contribution is -0.132. The molecule has 0 spiro atoms. The Hall–Kier alpha value is -4.17. The van der Waals surface area contributed by atoms with E-state index in [-0.39, 0.29) is 49.2 Å². The fourth-order valence-corrected chi connectivity index (χ4v) is 6.85. The molecule has 13 heteroatoms. The summed E-state index contributed by atoms with van der Waals surface area (Å²) in [6.45, 7) is 9.05. The number of aliphatic hydroxyl groups excluding tert-OH is 1. The lowest BCUT2D eigenvalue weighted by Crippen LogP contribution is -2.59. The molecule has 3 aromatic rings. The fraction of sp³-hybridized carbons (Fsp3) is 0.417. The first-order valence-electron chi connectivity index (χ1n) is 16.1. The molecule has 0 aliphatic carbocycles. The molecule has 0 aromatic heterocycles. The summed E-state index contributed by atoms with van der Waals surface area (Å²) in [6, 6.07) is 19.1. The summed E-state index contributed by atoms with van der Waals surface area (Å²) in [5.41, 5.74) is 1.25. The van der Waals surface area contributed by atoms with E-state index in [1.807, 2.05) is 44.2 Å². The van der Waals surface area contributed by atoms with Crippen LogP contribution in [0.1, 0.15) is 51.3 Å². The predicted octanol–water partition coefficient (Wildman–Crippen LogP) is 3.69. The number of hydrogen-bond acceptors (Lipinski definition) is 8. The van der Waals surface area contributed by atoms with Gasteiger partial charge in [0.15, 0.2) is 0 Å². The smallest absolute Gasteiger partial charge is 0.243 e. The molecular formula is C36H48FN5O6S. The van der Waals surface area contributed by atoms with Gasteiger partial charge in [0, 0.05) is 19.6 Å². The highest BCUT2D eigenvalue weighted by Gasteiger charge is 2.36.